The zero-order valence-corrected chi connectivity index (χ0v) is 21.6. The third kappa shape index (κ3) is 6.78. The van der Waals surface area contributed by atoms with Crippen molar-refractivity contribution in [1.82, 2.24) is 15.3 Å². The van der Waals surface area contributed by atoms with Gasteiger partial charge in [-0.3, -0.25) is 4.79 Å². The van der Waals surface area contributed by atoms with Gasteiger partial charge in [0.15, 0.2) is 10.9 Å². The van der Waals surface area contributed by atoms with E-state index in [1.807, 2.05) is 67.7 Å². The molecule has 1 saturated heterocycles. The summed E-state index contributed by atoms with van der Waals surface area (Å²) in [6, 6.07) is 26.0. The van der Waals surface area contributed by atoms with Crippen molar-refractivity contribution in [2.24, 2.45) is 0 Å². The van der Waals surface area contributed by atoms with Gasteiger partial charge in [0.1, 0.15) is 11.6 Å². The standard InChI is InChI=1S/C29H30N4O3S/c1-33(19-21-9-4-2-5-10-21)27-17-25(22-11-6-3-7-12-22)31-29(32-27)37-20-24-14-15-26(36-24)28(34)30-18-23-13-8-16-35-23/h2-7,9-12,14-15,17,23H,8,13,16,18-20H2,1H3,(H,30,34). The van der Waals surface area contributed by atoms with E-state index in [-0.39, 0.29) is 12.0 Å². The van der Waals surface area contributed by atoms with Crippen molar-refractivity contribution in [3.8, 4) is 11.3 Å². The number of hydrogen-bond donors (Lipinski definition) is 1. The molecule has 2 aromatic carbocycles. The first-order valence-corrected chi connectivity index (χ1v) is 13.4. The molecule has 190 valence electrons. The Morgan fingerprint density at radius 2 is 1.84 bits per heavy atom. The zero-order chi connectivity index (χ0) is 25.5. The molecule has 0 spiro atoms. The number of benzene rings is 2. The fraction of sp³-hybridized carbons (Fsp3) is 0.276. The topological polar surface area (TPSA) is 80.5 Å². The van der Waals surface area contributed by atoms with E-state index in [0.717, 1.165) is 43.1 Å². The van der Waals surface area contributed by atoms with Gasteiger partial charge in [0.05, 0.1) is 17.6 Å². The van der Waals surface area contributed by atoms with Crippen LogP contribution in [0.15, 0.2) is 88.4 Å². The number of nitrogens with zero attached hydrogens (tertiary/aromatic N) is 3. The Morgan fingerprint density at radius 3 is 2.59 bits per heavy atom. The summed E-state index contributed by atoms with van der Waals surface area (Å²) < 4.78 is 11.4. The van der Waals surface area contributed by atoms with Crippen LogP contribution in [0.1, 0.15) is 34.7 Å². The van der Waals surface area contributed by atoms with Crippen molar-refractivity contribution in [3.05, 3.63) is 95.9 Å². The maximum atomic E-state index is 12.5. The van der Waals surface area contributed by atoms with E-state index in [9.17, 15) is 4.79 Å². The van der Waals surface area contributed by atoms with E-state index in [2.05, 4.69) is 22.3 Å². The van der Waals surface area contributed by atoms with E-state index < -0.39 is 0 Å². The molecule has 1 aliphatic rings. The molecule has 0 saturated carbocycles. The molecule has 5 rings (SSSR count). The van der Waals surface area contributed by atoms with Gasteiger partial charge in [-0.2, -0.15) is 0 Å². The molecule has 37 heavy (non-hydrogen) atoms. The van der Waals surface area contributed by atoms with Gasteiger partial charge in [-0.1, -0.05) is 72.4 Å². The SMILES string of the molecule is CN(Cc1ccccc1)c1cc(-c2ccccc2)nc(SCc2ccc(C(=O)NCC3CCCO3)o2)n1. The normalized spacial score (nSPS) is 15.0. The van der Waals surface area contributed by atoms with Crippen LogP contribution >= 0.6 is 11.8 Å². The smallest absolute Gasteiger partial charge is 0.287 e. The third-order valence-electron chi connectivity index (χ3n) is 6.16. The summed E-state index contributed by atoms with van der Waals surface area (Å²) in [7, 11) is 2.03. The Kier molecular flexibility index (Phi) is 8.18. The maximum absolute atomic E-state index is 12.5. The first-order chi connectivity index (χ1) is 18.1. The van der Waals surface area contributed by atoms with Gasteiger partial charge in [0, 0.05) is 38.4 Å². The van der Waals surface area contributed by atoms with Gasteiger partial charge < -0.3 is 19.4 Å². The Hall–Kier alpha value is -3.62. The second kappa shape index (κ2) is 12.1. The highest BCUT2D eigenvalue weighted by atomic mass is 32.2. The Bertz CT molecular complexity index is 1310. The molecule has 1 aliphatic heterocycles. The van der Waals surface area contributed by atoms with Crippen molar-refractivity contribution in [2.75, 3.05) is 25.1 Å². The van der Waals surface area contributed by atoms with Crippen molar-refractivity contribution in [3.63, 3.8) is 0 Å². The summed E-state index contributed by atoms with van der Waals surface area (Å²) in [6.07, 6.45) is 2.11. The second-order valence-electron chi connectivity index (χ2n) is 9.00. The van der Waals surface area contributed by atoms with E-state index in [4.69, 9.17) is 19.1 Å². The average Bonchev–Trinajstić information content (AvgIpc) is 3.64. The van der Waals surface area contributed by atoms with E-state index in [1.54, 1.807) is 6.07 Å². The molecule has 2 aromatic heterocycles. The van der Waals surface area contributed by atoms with Crippen molar-refractivity contribution >= 4 is 23.5 Å². The Labute approximate surface area is 221 Å². The highest BCUT2D eigenvalue weighted by Crippen LogP contribution is 2.28. The summed E-state index contributed by atoms with van der Waals surface area (Å²) in [5, 5.41) is 3.55. The summed E-state index contributed by atoms with van der Waals surface area (Å²) in [5.41, 5.74) is 3.10. The number of nitrogens with one attached hydrogen (secondary N) is 1. The molecule has 4 aromatic rings. The molecule has 1 atom stereocenters. The van der Waals surface area contributed by atoms with Crippen LogP contribution in [0.2, 0.25) is 0 Å². The average molecular weight is 515 g/mol. The number of amides is 1. The second-order valence-corrected chi connectivity index (χ2v) is 9.94. The first-order valence-electron chi connectivity index (χ1n) is 12.4. The number of ether oxygens (including phenoxy) is 1. The monoisotopic (exact) mass is 514 g/mol. The molecule has 1 unspecified atom stereocenters. The van der Waals surface area contributed by atoms with Crippen LogP contribution in [-0.4, -0.2) is 42.2 Å². The lowest BCUT2D eigenvalue weighted by atomic mass is 10.1. The van der Waals surface area contributed by atoms with E-state index >= 15 is 0 Å². The lowest BCUT2D eigenvalue weighted by molar-refractivity contribution is 0.0834. The summed E-state index contributed by atoms with van der Waals surface area (Å²) in [4.78, 5) is 24.2. The molecular formula is C29H30N4O3S. The minimum atomic E-state index is -0.223. The van der Waals surface area contributed by atoms with Crippen LogP contribution in [0.4, 0.5) is 5.82 Å². The highest BCUT2D eigenvalue weighted by Gasteiger charge is 2.18. The first kappa shape index (κ1) is 25.0. The fourth-order valence-corrected chi connectivity index (χ4v) is 4.93. The molecule has 1 fully saturated rings. The number of furan rings is 1. The predicted octanol–water partition coefficient (Wildman–Crippen LogP) is 5.57. The molecule has 0 bridgehead atoms. The molecular weight excluding hydrogens is 484 g/mol. The van der Waals surface area contributed by atoms with Crippen LogP contribution in [0.5, 0.6) is 0 Å². The molecule has 3 heterocycles. The van der Waals surface area contributed by atoms with Gasteiger partial charge in [0.2, 0.25) is 0 Å². The molecule has 1 amide bonds. The van der Waals surface area contributed by atoms with Gasteiger partial charge >= 0.3 is 0 Å². The molecule has 1 N–H and O–H groups in total. The van der Waals surface area contributed by atoms with Crippen LogP contribution < -0.4 is 10.2 Å². The number of rotatable bonds is 10. The van der Waals surface area contributed by atoms with Crippen LogP contribution in [0.25, 0.3) is 11.3 Å². The maximum Gasteiger partial charge on any atom is 0.287 e. The summed E-state index contributed by atoms with van der Waals surface area (Å²) in [5.74, 6) is 2.13. The number of thioether (sulfide) groups is 1. The van der Waals surface area contributed by atoms with Crippen LogP contribution in [0.3, 0.4) is 0 Å². The van der Waals surface area contributed by atoms with Crippen LogP contribution in [-0.2, 0) is 17.0 Å². The molecule has 7 nitrogen and oxygen atoms in total. The molecule has 0 aliphatic carbocycles. The van der Waals surface area contributed by atoms with Crippen molar-refractivity contribution in [1.29, 1.82) is 0 Å². The summed E-state index contributed by atoms with van der Waals surface area (Å²) in [6.45, 7) is 2.00. The van der Waals surface area contributed by atoms with Gasteiger partial charge in [-0.05, 0) is 30.5 Å². The van der Waals surface area contributed by atoms with Crippen LogP contribution in [0, 0.1) is 0 Å². The number of carbonyl (C=O) groups is 1. The van der Waals surface area contributed by atoms with E-state index in [1.165, 1.54) is 17.3 Å². The number of anilines is 1. The van der Waals surface area contributed by atoms with Crippen molar-refractivity contribution < 1.29 is 13.9 Å². The van der Waals surface area contributed by atoms with Gasteiger partial charge in [-0.25, -0.2) is 9.97 Å². The minimum Gasteiger partial charge on any atom is -0.455 e. The fourth-order valence-electron chi connectivity index (χ4n) is 4.18. The lowest BCUT2D eigenvalue weighted by Crippen LogP contribution is -2.31. The van der Waals surface area contributed by atoms with Gasteiger partial charge in [-0.15, -0.1) is 0 Å². The predicted molar refractivity (Wildman–Crippen MR) is 146 cm³/mol. The highest BCUT2D eigenvalue weighted by molar-refractivity contribution is 7.98. The van der Waals surface area contributed by atoms with Crippen molar-refractivity contribution in [2.45, 2.75) is 36.4 Å². The Morgan fingerprint density at radius 1 is 1.05 bits per heavy atom. The Balaban J connectivity index is 1.28. The number of hydrogen-bond acceptors (Lipinski definition) is 7. The lowest BCUT2D eigenvalue weighted by Gasteiger charge is -2.19. The summed E-state index contributed by atoms with van der Waals surface area (Å²) >= 11 is 1.48. The third-order valence-corrected chi connectivity index (χ3v) is 7.03. The van der Waals surface area contributed by atoms with Gasteiger partial charge in [0.25, 0.3) is 5.91 Å². The number of aromatic nitrogens is 2. The largest absolute Gasteiger partial charge is 0.455 e. The number of carbonyl (C=O) groups excluding carboxylic acids is 1. The van der Waals surface area contributed by atoms with E-state index in [0.29, 0.717) is 29.0 Å². The zero-order valence-electron chi connectivity index (χ0n) is 20.8. The molecule has 0 radical (unpaired) electrons. The quantitative estimate of drug-likeness (QED) is 0.219. The molecule has 8 heteroatoms. The minimum absolute atomic E-state index is 0.0946.